The molecule has 1 saturated heterocycles. The largest absolute Gasteiger partial charge is 0.507 e. The average molecular weight is 400 g/mol. The van der Waals surface area contributed by atoms with Gasteiger partial charge in [-0.15, -0.1) is 0 Å². The van der Waals surface area contributed by atoms with Gasteiger partial charge in [0.25, 0.3) is 11.7 Å². The maximum Gasteiger partial charge on any atom is 0.295 e. The van der Waals surface area contributed by atoms with Crippen LogP contribution in [-0.4, -0.2) is 58.8 Å². The van der Waals surface area contributed by atoms with Crippen molar-refractivity contribution in [2.75, 3.05) is 27.2 Å². The van der Waals surface area contributed by atoms with Gasteiger partial charge in [-0.25, -0.2) is 0 Å². The molecule has 2 heterocycles. The molecule has 0 aliphatic carbocycles. The minimum Gasteiger partial charge on any atom is -0.507 e. The molecule has 6 nitrogen and oxygen atoms in total. The number of hydrogen-bond acceptors (Lipinski definition) is 5. The monoisotopic (exact) mass is 399 g/mol. The van der Waals surface area contributed by atoms with E-state index in [1.165, 1.54) is 17.3 Å². The first-order valence-electron chi connectivity index (χ1n) is 8.99. The van der Waals surface area contributed by atoms with Crippen LogP contribution in [0.25, 0.3) is 5.76 Å². The summed E-state index contributed by atoms with van der Waals surface area (Å²) in [5, 5.41) is 11.4. The van der Waals surface area contributed by atoms with Crippen molar-refractivity contribution in [1.82, 2.24) is 14.8 Å². The molecule has 1 aliphatic rings. The molecule has 0 bridgehead atoms. The minimum atomic E-state index is -0.691. The maximum absolute atomic E-state index is 12.8. The van der Waals surface area contributed by atoms with E-state index in [2.05, 4.69) is 4.98 Å². The molecule has 1 N–H and O–H groups in total. The molecule has 0 unspecified atom stereocenters. The number of rotatable bonds is 6. The average Bonchev–Trinajstić information content (AvgIpc) is 2.93. The maximum atomic E-state index is 12.8. The molecule has 7 heteroatoms. The summed E-state index contributed by atoms with van der Waals surface area (Å²) in [6, 6.07) is 9.54. The van der Waals surface area contributed by atoms with E-state index in [-0.39, 0.29) is 11.3 Å². The van der Waals surface area contributed by atoms with Gasteiger partial charge < -0.3 is 14.9 Å². The smallest absolute Gasteiger partial charge is 0.295 e. The number of halogens is 1. The third-order valence-electron chi connectivity index (χ3n) is 4.66. The van der Waals surface area contributed by atoms with Crippen LogP contribution in [0.15, 0.2) is 54.4 Å². The van der Waals surface area contributed by atoms with Crippen LogP contribution in [-0.2, 0) is 9.59 Å². The van der Waals surface area contributed by atoms with Crippen LogP contribution >= 0.6 is 11.6 Å². The lowest BCUT2D eigenvalue weighted by molar-refractivity contribution is -0.139. The van der Waals surface area contributed by atoms with Gasteiger partial charge in [-0.2, -0.15) is 0 Å². The second-order valence-electron chi connectivity index (χ2n) is 6.94. The highest BCUT2D eigenvalue weighted by atomic mass is 35.5. The number of aromatic nitrogens is 1. The minimum absolute atomic E-state index is 0.0725. The number of aliphatic hydroxyl groups is 1. The summed E-state index contributed by atoms with van der Waals surface area (Å²) >= 11 is 6.15. The molecule has 28 heavy (non-hydrogen) atoms. The van der Waals surface area contributed by atoms with Crippen LogP contribution in [0.2, 0.25) is 5.02 Å². The third kappa shape index (κ3) is 4.08. The topological polar surface area (TPSA) is 73.7 Å². The van der Waals surface area contributed by atoms with Gasteiger partial charge in [-0.1, -0.05) is 23.7 Å². The van der Waals surface area contributed by atoms with Gasteiger partial charge in [0.2, 0.25) is 0 Å². The molecule has 1 fully saturated rings. The number of benzene rings is 1. The summed E-state index contributed by atoms with van der Waals surface area (Å²) in [7, 11) is 3.90. The first-order valence-corrected chi connectivity index (χ1v) is 9.37. The zero-order chi connectivity index (χ0) is 20.3. The predicted molar refractivity (Wildman–Crippen MR) is 108 cm³/mol. The highest BCUT2D eigenvalue weighted by Crippen LogP contribution is 2.39. The molecule has 0 radical (unpaired) electrons. The molecule has 1 amide bonds. The van der Waals surface area contributed by atoms with Crippen LogP contribution in [0, 0.1) is 0 Å². The third-order valence-corrected chi connectivity index (χ3v) is 4.90. The Morgan fingerprint density at radius 3 is 2.57 bits per heavy atom. The molecule has 146 valence electrons. The second kappa shape index (κ2) is 8.54. The predicted octanol–water partition coefficient (Wildman–Crippen LogP) is 3.11. The molecule has 2 aromatic rings. The van der Waals surface area contributed by atoms with Gasteiger partial charge in [0, 0.05) is 29.5 Å². The van der Waals surface area contributed by atoms with Crippen molar-refractivity contribution in [2.45, 2.75) is 12.5 Å². The zero-order valence-corrected chi connectivity index (χ0v) is 16.6. The number of aliphatic hydroxyl groups excluding tert-OH is 1. The number of carbonyl (C=O) groups is 2. The summed E-state index contributed by atoms with van der Waals surface area (Å²) in [5.41, 5.74) is 1.20. The van der Waals surface area contributed by atoms with Crippen molar-refractivity contribution in [2.24, 2.45) is 0 Å². The number of hydrogen-bond donors (Lipinski definition) is 1. The Labute approximate surface area is 169 Å². The second-order valence-corrected chi connectivity index (χ2v) is 7.38. The van der Waals surface area contributed by atoms with Gasteiger partial charge in [0.15, 0.2) is 0 Å². The van der Waals surface area contributed by atoms with Gasteiger partial charge >= 0.3 is 0 Å². The van der Waals surface area contributed by atoms with Crippen molar-refractivity contribution in [3.8, 4) is 0 Å². The number of pyridine rings is 1. The molecule has 1 aromatic heterocycles. The van der Waals surface area contributed by atoms with E-state index < -0.39 is 17.7 Å². The van der Waals surface area contributed by atoms with Crippen LogP contribution in [0.3, 0.4) is 0 Å². The summed E-state index contributed by atoms with van der Waals surface area (Å²) in [6.45, 7) is 1.17. The van der Waals surface area contributed by atoms with Crippen molar-refractivity contribution in [1.29, 1.82) is 0 Å². The SMILES string of the molecule is CN(C)CCCN1C(=O)C(=O)/C(=C(/O)c2ccncc2)[C@@H]1c1cccc(Cl)c1. The van der Waals surface area contributed by atoms with Gasteiger partial charge in [0.05, 0.1) is 11.6 Å². The Kier molecular flexibility index (Phi) is 6.11. The van der Waals surface area contributed by atoms with E-state index in [9.17, 15) is 14.7 Å². The number of ketones is 1. The highest BCUT2D eigenvalue weighted by Gasteiger charge is 2.45. The fourth-order valence-electron chi connectivity index (χ4n) is 3.36. The fourth-order valence-corrected chi connectivity index (χ4v) is 3.56. The van der Waals surface area contributed by atoms with E-state index in [4.69, 9.17) is 11.6 Å². The number of likely N-dealkylation sites (tertiary alicyclic amines) is 1. The van der Waals surface area contributed by atoms with E-state index in [0.717, 1.165) is 6.54 Å². The Morgan fingerprint density at radius 2 is 1.93 bits per heavy atom. The van der Waals surface area contributed by atoms with E-state index in [1.54, 1.807) is 36.4 Å². The lowest BCUT2D eigenvalue weighted by Gasteiger charge is -2.26. The van der Waals surface area contributed by atoms with Crippen molar-refractivity contribution in [3.05, 3.63) is 70.5 Å². The molecule has 1 aliphatic heterocycles. The molecular weight excluding hydrogens is 378 g/mol. The molecule has 0 saturated carbocycles. The number of amides is 1. The lowest BCUT2D eigenvalue weighted by atomic mass is 9.95. The van der Waals surface area contributed by atoms with Crippen molar-refractivity contribution in [3.63, 3.8) is 0 Å². The van der Waals surface area contributed by atoms with Crippen LogP contribution in [0.1, 0.15) is 23.6 Å². The molecule has 3 rings (SSSR count). The number of nitrogens with zero attached hydrogens (tertiary/aromatic N) is 3. The highest BCUT2D eigenvalue weighted by molar-refractivity contribution is 6.46. The van der Waals surface area contributed by atoms with Crippen molar-refractivity contribution < 1.29 is 14.7 Å². The summed E-state index contributed by atoms with van der Waals surface area (Å²) in [6.07, 6.45) is 3.75. The fraction of sp³-hybridized carbons (Fsp3) is 0.286. The molecule has 1 atom stereocenters. The summed E-state index contributed by atoms with van der Waals surface area (Å²) in [5.74, 6) is -1.51. The Balaban J connectivity index is 2.08. The van der Waals surface area contributed by atoms with E-state index >= 15 is 0 Å². The molecular formula is C21H22ClN3O3. The Hall–Kier alpha value is -2.70. The van der Waals surface area contributed by atoms with Gasteiger partial charge in [-0.05, 0) is 56.9 Å². The first-order chi connectivity index (χ1) is 13.4. The lowest BCUT2D eigenvalue weighted by Crippen LogP contribution is -2.32. The van der Waals surface area contributed by atoms with Crippen LogP contribution in [0.4, 0.5) is 0 Å². The zero-order valence-electron chi connectivity index (χ0n) is 15.8. The number of Topliss-reactive ketones (excluding diaryl/α,β-unsaturated/α-hetero) is 1. The quantitative estimate of drug-likeness (QED) is 0.459. The van der Waals surface area contributed by atoms with Crippen LogP contribution < -0.4 is 0 Å². The Morgan fingerprint density at radius 1 is 1.21 bits per heavy atom. The summed E-state index contributed by atoms with van der Waals surface area (Å²) < 4.78 is 0. The first kappa shape index (κ1) is 20.0. The molecule has 1 aromatic carbocycles. The Bertz CT molecular complexity index is 912. The standard InChI is InChI=1S/C21H22ClN3O3/c1-24(2)11-4-12-25-18(15-5-3-6-16(22)13-15)17(20(27)21(25)28)19(26)14-7-9-23-10-8-14/h3,5-10,13,18,26H,4,11-12H2,1-2H3/b19-17+/t18-/m0/s1. The normalized spacial score (nSPS) is 18.9. The summed E-state index contributed by atoms with van der Waals surface area (Å²) in [4.78, 5) is 33.1. The molecule has 0 spiro atoms. The number of carbonyl (C=O) groups excluding carboxylic acids is 2. The van der Waals surface area contributed by atoms with E-state index in [0.29, 0.717) is 29.1 Å². The van der Waals surface area contributed by atoms with Gasteiger partial charge in [0.1, 0.15) is 5.76 Å². The van der Waals surface area contributed by atoms with Gasteiger partial charge in [-0.3, -0.25) is 14.6 Å². The van der Waals surface area contributed by atoms with E-state index in [1.807, 2.05) is 19.0 Å². The van der Waals surface area contributed by atoms with Crippen molar-refractivity contribution >= 4 is 29.1 Å². The van der Waals surface area contributed by atoms with Crippen LogP contribution in [0.5, 0.6) is 0 Å².